The molecule has 0 N–H and O–H groups in total. The highest BCUT2D eigenvalue weighted by atomic mass is 16.5. The molecule has 4 rings (SSSR count). The molecular formula is C27H37N3O2. The van der Waals surface area contributed by atoms with Crippen molar-refractivity contribution >= 4 is 5.91 Å². The van der Waals surface area contributed by atoms with Gasteiger partial charge in [0.2, 0.25) is 5.91 Å². The maximum absolute atomic E-state index is 12.9. The average Bonchev–Trinajstić information content (AvgIpc) is 2.85. The number of carbonyl (C=O) groups is 1. The van der Waals surface area contributed by atoms with Gasteiger partial charge in [-0.1, -0.05) is 67.6 Å². The highest BCUT2D eigenvalue weighted by Gasteiger charge is 2.41. The molecule has 2 fully saturated rings. The van der Waals surface area contributed by atoms with Crippen molar-refractivity contribution in [2.75, 3.05) is 45.9 Å². The third-order valence-electron chi connectivity index (χ3n) is 7.07. The first-order valence-electron chi connectivity index (χ1n) is 12.1. The van der Waals surface area contributed by atoms with Gasteiger partial charge in [0.1, 0.15) is 0 Å². The van der Waals surface area contributed by atoms with Crippen LogP contribution in [-0.4, -0.2) is 72.1 Å². The normalized spacial score (nSPS) is 19.5. The number of benzene rings is 2. The second-order valence-electron chi connectivity index (χ2n) is 9.17. The fourth-order valence-corrected chi connectivity index (χ4v) is 5.16. The van der Waals surface area contributed by atoms with E-state index in [4.69, 9.17) is 4.74 Å². The Hall–Kier alpha value is -2.21. The monoisotopic (exact) mass is 435 g/mol. The number of ether oxygens (including phenoxy) is 1. The second-order valence-corrected chi connectivity index (χ2v) is 9.17. The molecule has 0 aromatic heterocycles. The third kappa shape index (κ3) is 5.77. The topological polar surface area (TPSA) is 36.0 Å². The summed E-state index contributed by atoms with van der Waals surface area (Å²) in [4.78, 5) is 20.3. The van der Waals surface area contributed by atoms with Crippen molar-refractivity contribution in [3.63, 3.8) is 0 Å². The lowest BCUT2D eigenvalue weighted by Crippen LogP contribution is -2.63. The van der Waals surface area contributed by atoms with E-state index in [2.05, 4.69) is 69.3 Å². The zero-order chi connectivity index (χ0) is 22.2. The molecule has 0 bridgehead atoms. The molecule has 5 nitrogen and oxygen atoms in total. The van der Waals surface area contributed by atoms with Crippen molar-refractivity contribution in [2.24, 2.45) is 0 Å². The van der Waals surface area contributed by atoms with Crippen molar-refractivity contribution in [1.29, 1.82) is 0 Å². The molecule has 2 heterocycles. The molecule has 32 heavy (non-hydrogen) atoms. The number of piperazine rings is 1. The Morgan fingerprint density at radius 3 is 2.09 bits per heavy atom. The zero-order valence-corrected chi connectivity index (χ0v) is 19.4. The summed E-state index contributed by atoms with van der Waals surface area (Å²) < 4.78 is 5.76. The predicted molar refractivity (Wildman–Crippen MR) is 128 cm³/mol. The van der Waals surface area contributed by atoms with Crippen molar-refractivity contribution < 1.29 is 9.53 Å². The summed E-state index contributed by atoms with van der Waals surface area (Å²) in [5.41, 5.74) is 2.59. The molecule has 1 amide bonds. The summed E-state index contributed by atoms with van der Waals surface area (Å²) >= 11 is 0. The summed E-state index contributed by atoms with van der Waals surface area (Å²) in [7, 11) is 0. The standard InChI is InChI=1S/C27H37N3O2/c1-2-26(31)29(22-25-11-7-4-8-12-25)23-27(13-19-32-20-14-27)30-17-15-28(16-18-30)21-24-9-5-3-6-10-24/h3-12H,2,13-23H2,1H3. The molecule has 172 valence electrons. The van der Waals surface area contributed by atoms with E-state index in [1.54, 1.807) is 0 Å². The van der Waals surface area contributed by atoms with Crippen LogP contribution in [0.4, 0.5) is 0 Å². The van der Waals surface area contributed by atoms with Crippen LogP contribution in [0.15, 0.2) is 60.7 Å². The molecule has 0 saturated carbocycles. The molecule has 0 spiro atoms. The predicted octanol–water partition coefficient (Wildman–Crippen LogP) is 3.79. The molecule has 2 saturated heterocycles. The number of hydrogen-bond donors (Lipinski definition) is 0. The molecule has 2 aromatic carbocycles. The summed E-state index contributed by atoms with van der Waals surface area (Å²) in [5.74, 6) is 0.238. The van der Waals surface area contributed by atoms with Gasteiger partial charge in [0.25, 0.3) is 0 Å². The van der Waals surface area contributed by atoms with Gasteiger partial charge in [-0.3, -0.25) is 14.6 Å². The van der Waals surface area contributed by atoms with Crippen LogP contribution in [0.25, 0.3) is 0 Å². The van der Waals surface area contributed by atoms with E-state index >= 15 is 0 Å². The quantitative estimate of drug-likeness (QED) is 0.632. The SMILES string of the molecule is CCC(=O)N(Cc1ccccc1)CC1(N2CCN(Cc3ccccc3)CC2)CCOCC1. The maximum Gasteiger partial charge on any atom is 0.222 e. The van der Waals surface area contributed by atoms with Crippen LogP contribution in [-0.2, 0) is 22.6 Å². The van der Waals surface area contributed by atoms with Crippen LogP contribution >= 0.6 is 0 Å². The van der Waals surface area contributed by atoms with E-state index in [-0.39, 0.29) is 11.4 Å². The van der Waals surface area contributed by atoms with Gasteiger partial charge in [0, 0.05) is 71.0 Å². The first-order chi connectivity index (χ1) is 15.7. The summed E-state index contributed by atoms with van der Waals surface area (Å²) in [6, 6.07) is 21.1. The molecule has 0 aliphatic carbocycles. The van der Waals surface area contributed by atoms with Crippen LogP contribution in [0, 0.1) is 0 Å². The van der Waals surface area contributed by atoms with Gasteiger partial charge in [-0.2, -0.15) is 0 Å². The number of nitrogens with zero attached hydrogens (tertiary/aromatic N) is 3. The van der Waals surface area contributed by atoms with Crippen LogP contribution in [0.5, 0.6) is 0 Å². The van der Waals surface area contributed by atoms with Crippen molar-refractivity contribution in [3.8, 4) is 0 Å². The summed E-state index contributed by atoms with van der Waals surface area (Å²) in [5, 5.41) is 0. The van der Waals surface area contributed by atoms with Gasteiger partial charge in [-0.25, -0.2) is 0 Å². The lowest BCUT2D eigenvalue weighted by atomic mass is 9.86. The maximum atomic E-state index is 12.9. The van der Waals surface area contributed by atoms with Gasteiger partial charge < -0.3 is 9.64 Å². The van der Waals surface area contributed by atoms with Gasteiger partial charge >= 0.3 is 0 Å². The minimum atomic E-state index is 0.0106. The summed E-state index contributed by atoms with van der Waals surface area (Å²) in [6.45, 7) is 10.3. The van der Waals surface area contributed by atoms with E-state index < -0.39 is 0 Å². The molecular weight excluding hydrogens is 398 g/mol. The van der Waals surface area contributed by atoms with Gasteiger partial charge in [0.15, 0.2) is 0 Å². The third-order valence-corrected chi connectivity index (χ3v) is 7.07. The smallest absolute Gasteiger partial charge is 0.222 e. The molecule has 2 aromatic rings. The first kappa shape index (κ1) is 23.0. The number of hydrogen-bond acceptors (Lipinski definition) is 4. The van der Waals surface area contributed by atoms with Crippen LogP contribution in [0.3, 0.4) is 0 Å². The Morgan fingerprint density at radius 1 is 0.906 bits per heavy atom. The molecule has 2 aliphatic heterocycles. The van der Waals surface area contributed by atoms with Gasteiger partial charge in [-0.05, 0) is 24.0 Å². The van der Waals surface area contributed by atoms with Crippen LogP contribution in [0.2, 0.25) is 0 Å². The highest BCUT2D eigenvalue weighted by molar-refractivity contribution is 5.76. The largest absolute Gasteiger partial charge is 0.381 e. The molecule has 5 heteroatoms. The first-order valence-corrected chi connectivity index (χ1v) is 12.1. The lowest BCUT2D eigenvalue weighted by Gasteiger charge is -2.51. The van der Waals surface area contributed by atoms with Crippen molar-refractivity contribution in [1.82, 2.24) is 14.7 Å². The van der Waals surface area contributed by atoms with Crippen molar-refractivity contribution in [3.05, 3.63) is 71.8 Å². The number of rotatable bonds is 8. The van der Waals surface area contributed by atoms with Crippen LogP contribution < -0.4 is 0 Å². The Kier molecular flexibility index (Phi) is 7.95. The van der Waals surface area contributed by atoms with Gasteiger partial charge in [0.05, 0.1) is 0 Å². The fourth-order valence-electron chi connectivity index (χ4n) is 5.16. The minimum Gasteiger partial charge on any atom is -0.381 e. The van der Waals surface area contributed by atoms with Crippen LogP contribution in [0.1, 0.15) is 37.3 Å². The Labute approximate surface area is 193 Å². The number of carbonyl (C=O) groups excluding carboxylic acids is 1. The Balaban J connectivity index is 1.45. The zero-order valence-electron chi connectivity index (χ0n) is 19.4. The molecule has 0 radical (unpaired) electrons. The second kappa shape index (κ2) is 11.1. The van der Waals surface area contributed by atoms with Gasteiger partial charge in [-0.15, -0.1) is 0 Å². The highest BCUT2D eigenvalue weighted by Crippen LogP contribution is 2.31. The Morgan fingerprint density at radius 2 is 1.50 bits per heavy atom. The van der Waals surface area contributed by atoms with E-state index in [9.17, 15) is 4.79 Å². The molecule has 2 aliphatic rings. The van der Waals surface area contributed by atoms with E-state index in [1.165, 1.54) is 11.1 Å². The average molecular weight is 436 g/mol. The minimum absolute atomic E-state index is 0.0106. The van der Waals surface area contributed by atoms with Crippen molar-refractivity contribution in [2.45, 2.75) is 44.8 Å². The Bertz CT molecular complexity index is 828. The fraction of sp³-hybridized carbons (Fsp3) is 0.519. The number of amides is 1. The van der Waals surface area contributed by atoms with E-state index in [0.29, 0.717) is 13.0 Å². The van der Waals surface area contributed by atoms with E-state index in [0.717, 1.165) is 65.3 Å². The lowest BCUT2D eigenvalue weighted by molar-refractivity contribution is -0.136. The molecule has 0 atom stereocenters. The van der Waals surface area contributed by atoms with E-state index in [1.807, 2.05) is 13.0 Å². The molecule has 0 unspecified atom stereocenters. The summed E-state index contributed by atoms with van der Waals surface area (Å²) in [6.07, 6.45) is 2.53.